The highest BCUT2D eigenvalue weighted by Crippen LogP contribution is 2.55. The van der Waals surface area contributed by atoms with E-state index in [0.717, 1.165) is 30.6 Å². The second kappa shape index (κ2) is 4.62. The summed E-state index contributed by atoms with van der Waals surface area (Å²) in [4.78, 5) is 37.3. The van der Waals surface area contributed by atoms with Gasteiger partial charge in [-0.3, -0.25) is 19.3 Å². The predicted molar refractivity (Wildman–Crippen MR) is 65.8 cm³/mol. The standard InChI is InChI=1S/C14H19NO4/c1-2-5-19-10(16)7-15-13(17)11-8-3-4-9(6-8)12(11)14(15)18/h8-9,11-12H,2-7H2,1H3/t8-,9-,11-,12-/m0/s1. The van der Waals surface area contributed by atoms with E-state index in [1.54, 1.807) is 0 Å². The van der Waals surface area contributed by atoms with Crippen LogP contribution in [-0.4, -0.2) is 35.8 Å². The van der Waals surface area contributed by atoms with Crippen molar-refractivity contribution >= 4 is 17.8 Å². The Balaban J connectivity index is 1.69. The summed E-state index contributed by atoms with van der Waals surface area (Å²) in [5.74, 6) is -0.330. The molecule has 3 fully saturated rings. The van der Waals surface area contributed by atoms with Crippen molar-refractivity contribution in [1.82, 2.24) is 4.90 Å². The first kappa shape index (κ1) is 12.6. The third-order valence-corrected chi connectivity index (χ3v) is 4.77. The maximum absolute atomic E-state index is 12.3. The van der Waals surface area contributed by atoms with Crippen molar-refractivity contribution in [1.29, 1.82) is 0 Å². The zero-order valence-corrected chi connectivity index (χ0v) is 11.1. The molecule has 0 aromatic rings. The number of rotatable bonds is 4. The van der Waals surface area contributed by atoms with Gasteiger partial charge in [0.1, 0.15) is 6.54 Å². The Labute approximate surface area is 112 Å². The average molecular weight is 265 g/mol. The third-order valence-electron chi connectivity index (χ3n) is 4.77. The van der Waals surface area contributed by atoms with Gasteiger partial charge in [0.15, 0.2) is 0 Å². The molecule has 4 atom stereocenters. The number of hydrogen-bond acceptors (Lipinski definition) is 4. The molecule has 5 heteroatoms. The second-order valence-corrected chi connectivity index (χ2v) is 5.87. The normalized spacial score (nSPS) is 35.9. The third kappa shape index (κ3) is 1.86. The van der Waals surface area contributed by atoms with E-state index in [1.807, 2.05) is 6.92 Å². The van der Waals surface area contributed by atoms with Gasteiger partial charge in [-0.25, -0.2) is 0 Å². The summed E-state index contributed by atoms with van der Waals surface area (Å²) < 4.78 is 4.96. The van der Waals surface area contributed by atoms with Crippen LogP contribution < -0.4 is 0 Å². The molecule has 1 saturated heterocycles. The highest BCUT2D eigenvalue weighted by Gasteiger charge is 2.61. The maximum Gasteiger partial charge on any atom is 0.326 e. The molecule has 2 bridgehead atoms. The lowest BCUT2D eigenvalue weighted by atomic mass is 9.81. The Bertz CT molecular complexity index is 405. The SMILES string of the molecule is CCCOC(=O)CN1C(=O)[C@H]2[C@H]3CC[C@@H](C3)[C@@H]2C1=O. The van der Waals surface area contributed by atoms with E-state index < -0.39 is 5.97 Å². The summed E-state index contributed by atoms with van der Waals surface area (Å²) in [5.41, 5.74) is 0. The summed E-state index contributed by atoms with van der Waals surface area (Å²) in [6.45, 7) is 2.04. The number of fused-ring (bicyclic) bond motifs is 5. The molecule has 2 aliphatic carbocycles. The van der Waals surface area contributed by atoms with E-state index >= 15 is 0 Å². The number of carbonyl (C=O) groups is 3. The number of imide groups is 1. The number of carbonyl (C=O) groups excluding carboxylic acids is 3. The number of ether oxygens (including phenoxy) is 1. The van der Waals surface area contributed by atoms with Crippen molar-refractivity contribution < 1.29 is 19.1 Å². The molecule has 3 aliphatic rings. The molecule has 0 radical (unpaired) electrons. The lowest BCUT2D eigenvalue weighted by molar-refractivity contribution is -0.153. The molecule has 0 spiro atoms. The van der Waals surface area contributed by atoms with Crippen LogP contribution in [0.2, 0.25) is 0 Å². The van der Waals surface area contributed by atoms with Crippen LogP contribution in [0.1, 0.15) is 32.6 Å². The maximum atomic E-state index is 12.3. The first-order valence-electron chi connectivity index (χ1n) is 7.14. The monoisotopic (exact) mass is 265 g/mol. The average Bonchev–Trinajstić information content (AvgIpc) is 3.06. The zero-order chi connectivity index (χ0) is 13.6. The molecule has 1 heterocycles. The Kier molecular flexibility index (Phi) is 3.07. The molecule has 3 rings (SSSR count). The largest absolute Gasteiger partial charge is 0.464 e. The van der Waals surface area contributed by atoms with E-state index in [9.17, 15) is 14.4 Å². The first-order valence-corrected chi connectivity index (χ1v) is 7.14. The van der Waals surface area contributed by atoms with Gasteiger partial charge in [-0.1, -0.05) is 6.92 Å². The van der Waals surface area contributed by atoms with E-state index in [2.05, 4.69) is 0 Å². The zero-order valence-electron chi connectivity index (χ0n) is 11.1. The van der Waals surface area contributed by atoms with Gasteiger partial charge < -0.3 is 4.74 Å². The fourth-order valence-electron chi connectivity index (χ4n) is 4.02. The van der Waals surface area contributed by atoms with Crippen LogP contribution >= 0.6 is 0 Å². The Morgan fingerprint density at radius 1 is 1.21 bits per heavy atom. The first-order chi connectivity index (χ1) is 9.13. The minimum absolute atomic E-state index is 0.143. The fourth-order valence-corrected chi connectivity index (χ4v) is 4.02. The van der Waals surface area contributed by atoms with Crippen LogP contribution in [-0.2, 0) is 19.1 Å². The van der Waals surface area contributed by atoms with Gasteiger partial charge in [-0.05, 0) is 37.5 Å². The van der Waals surface area contributed by atoms with Crippen LogP contribution in [0.15, 0.2) is 0 Å². The van der Waals surface area contributed by atoms with E-state index in [-0.39, 0.29) is 30.2 Å². The van der Waals surface area contributed by atoms with E-state index in [1.165, 1.54) is 0 Å². The van der Waals surface area contributed by atoms with Crippen LogP contribution in [0.25, 0.3) is 0 Å². The van der Waals surface area contributed by atoms with Crippen molar-refractivity contribution in [3.8, 4) is 0 Å². The van der Waals surface area contributed by atoms with Crippen LogP contribution in [0, 0.1) is 23.7 Å². The summed E-state index contributed by atoms with van der Waals surface area (Å²) >= 11 is 0. The summed E-state index contributed by atoms with van der Waals surface area (Å²) in [5, 5.41) is 0. The van der Waals surface area contributed by atoms with Crippen LogP contribution in [0.4, 0.5) is 0 Å². The lowest BCUT2D eigenvalue weighted by Crippen LogP contribution is -2.38. The summed E-state index contributed by atoms with van der Waals surface area (Å²) in [6, 6.07) is 0. The molecule has 5 nitrogen and oxygen atoms in total. The summed E-state index contributed by atoms with van der Waals surface area (Å²) in [6.07, 6.45) is 3.86. The molecular formula is C14H19NO4. The van der Waals surface area contributed by atoms with Gasteiger partial charge in [0, 0.05) is 0 Å². The van der Waals surface area contributed by atoms with Crippen LogP contribution in [0.3, 0.4) is 0 Å². The van der Waals surface area contributed by atoms with Crippen LogP contribution in [0.5, 0.6) is 0 Å². The van der Waals surface area contributed by atoms with Crippen molar-refractivity contribution in [2.45, 2.75) is 32.6 Å². The van der Waals surface area contributed by atoms with E-state index in [4.69, 9.17) is 4.74 Å². The quantitative estimate of drug-likeness (QED) is 0.561. The molecular weight excluding hydrogens is 246 g/mol. The number of esters is 1. The molecule has 2 amide bonds. The molecule has 19 heavy (non-hydrogen) atoms. The number of likely N-dealkylation sites (tertiary alicyclic amines) is 1. The molecule has 0 unspecified atom stereocenters. The highest BCUT2D eigenvalue weighted by atomic mass is 16.5. The minimum atomic E-state index is -0.476. The number of nitrogens with zero attached hydrogens (tertiary/aromatic N) is 1. The molecule has 0 aromatic carbocycles. The second-order valence-electron chi connectivity index (χ2n) is 5.87. The molecule has 2 saturated carbocycles. The Morgan fingerprint density at radius 2 is 1.79 bits per heavy atom. The predicted octanol–water partition coefficient (Wildman–Crippen LogP) is 0.971. The van der Waals surface area contributed by atoms with Crippen molar-refractivity contribution in [2.24, 2.45) is 23.7 Å². The van der Waals surface area contributed by atoms with Gasteiger partial charge in [-0.2, -0.15) is 0 Å². The van der Waals surface area contributed by atoms with Gasteiger partial charge in [0.05, 0.1) is 18.4 Å². The number of hydrogen-bond donors (Lipinski definition) is 0. The number of amides is 2. The summed E-state index contributed by atoms with van der Waals surface area (Å²) in [7, 11) is 0. The molecule has 0 aromatic heterocycles. The van der Waals surface area contributed by atoms with Crippen molar-refractivity contribution in [3.05, 3.63) is 0 Å². The highest BCUT2D eigenvalue weighted by molar-refractivity contribution is 6.07. The fraction of sp³-hybridized carbons (Fsp3) is 0.786. The molecule has 0 N–H and O–H groups in total. The van der Waals surface area contributed by atoms with Gasteiger partial charge in [-0.15, -0.1) is 0 Å². The lowest BCUT2D eigenvalue weighted by Gasteiger charge is -2.19. The van der Waals surface area contributed by atoms with Crippen molar-refractivity contribution in [3.63, 3.8) is 0 Å². The Morgan fingerprint density at radius 3 is 2.32 bits per heavy atom. The smallest absolute Gasteiger partial charge is 0.326 e. The van der Waals surface area contributed by atoms with Gasteiger partial charge in [0.25, 0.3) is 0 Å². The van der Waals surface area contributed by atoms with E-state index in [0.29, 0.717) is 18.4 Å². The minimum Gasteiger partial charge on any atom is -0.464 e. The molecule has 104 valence electrons. The Hall–Kier alpha value is -1.39. The molecule has 1 aliphatic heterocycles. The van der Waals surface area contributed by atoms with Gasteiger partial charge >= 0.3 is 5.97 Å². The van der Waals surface area contributed by atoms with Crippen molar-refractivity contribution in [2.75, 3.05) is 13.2 Å². The topological polar surface area (TPSA) is 63.7 Å². The van der Waals surface area contributed by atoms with Gasteiger partial charge in [0.2, 0.25) is 11.8 Å².